The summed E-state index contributed by atoms with van der Waals surface area (Å²) in [6.07, 6.45) is 4.49. The predicted octanol–water partition coefficient (Wildman–Crippen LogP) is 1.83. The van der Waals surface area contributed by atoms with Gasteiger partial charge in [0.2, 0.25) is 0 Å². The molecule has 0 saturated heterocycles. The summed E-state index contributed by atoms with van der Waals surface area (Å²) in [5.41, 5.74) is 7.76. The quantitative estimate of drug-likeness (QED) is 0.761. The van der Waals surface area contributed by atoms with Gasteiger partial charge in [-0.25, -0.2) is 9.18 Å². The molecule has 7 heteroatoms. The Morgan fingerprint density at radius 3 is 2.84 bits per heavy atom. The van der Waals surface area contributed by atoms with Gasteiger partial charge in [-0.1, -0.05) is 0 Å². The van der Waals surface area contributed by atoms with Crippen molar-refractivity contribution >= 4 is 5.52 Å². The van der Waals surface area contributed by atoms with Gasteiger partial charge in [0.1, 0.15) is 5.82 Å². The third-order valence-corrected chi connectivity index (χ3v) is 4.69. The molecule has 1 saturated carbocycles. The molecule has 3 N–H and O–H groups in total. The van der Waals surface area contributed by atoms with E-state index in [4.69, 9.17) is 5.73 Å². The molecular weight excluding hydrogens is 323 g/mol. The summed E-state index contributed by atoms with van der Waals surface area (Å²) in [5, 5.41) is 0. The van der Waals surface area contributed by atoms with Gasteiger partial charge in [-0.15, -0.1) is 0 Å². The van der Waals surface area contributed by atoms with E-state index in [0.29, 0.717) is 34.4 Å². The standard InChI is InChI=1S/C18H17FN4O2/c1-9-14(13-6-10(7-20)4-5-21-13)12(19)8-23-16(9)15(11-2-3-11)17(24)22-18(23)25/h4-6,8,11H,2-3,7,20H2,1H3,(H,22,24,25). The topological polar surface area (TPSA) is 93.2 Å². The molecule has 128 valence electrons. The number of H-pyrrole nitrogens is 1. The summed E-state index contributed by atoms with van der Waals surface area (Å²) < 4.78 is 16.0. The fourth-order valence-electron chi connectivity index (χ4n) is 3.35. The third-order valence-electron chi connectivity index (χ3n) is 4.69. The molecular formula is C18H17FN4O2. The molecule has 1 fully saturated rings. The van der Waals surface area contributed by atoms with Crippen molar-refractivity contribution in [3.05, 3.63) is 67.9 Å². The lowest BCUT2D eigenvalue weighted by Gasteiger charge is -2.14. The van der Waals surface area contributed by atoms with Gasteiger partial charge >= 0.3 is 5.69 Å². The molecule has 1 aliphatic rings. The van der Waals surface area contributed by atoms with Crippen LogP contribution in [0.15, 0.2) is 34.1 Å². The maximum atomic E-state index is 14.8. The zero-order valence-electron chi connectivity index (χ0n) is 13.7. The van der Waals surface area contributed by atoms with E-state index in [1.165, 1.54) is 4.40 Å². The SMILES string of the molecule is Cc1c(-c2cc(CN)ccn2)c(F)cn2c(=O)[nH]c(=O)c(C3CC3)c12. The molecule has 0 spiro atoms. The Morgan fingerprint density at radius 2 is 2.16 bits per heavy atom. The van der Waals surface area contributed by atoms with Crippen LogP contribution < -0.4 is 17.0 Å². The van der Waals surface area contributed by atoms with Crippen LogP contribution in [-0.2, 0) is 6.54 Å². The molecule has 1 aliphatic carbocycles. The highest BCUT2D eigenvalue weighted by atomic mass is 19.1. The van der Waals surface area contributed by atoms with E-state index in [1.54, 1.807) is 25.3 Å². The Kier molecular flexibility index (Phi) is 3.54. The van der Waals surface area contributed by atoms with E-state index in [2.05, 4.69) is 9.97 Å². The van der Waals surface area contributed by atoms with Crippen molar-refractivity contribution in [2.24, 2.45) is 5.73 Å². The molecule has 6 nitrogen and oxygen atoms in total. The highest BCUT2D eigenvalue weighted by molar-refractivity contribution is 5.76. The first kappa shape index (κ1) is 15.7. The highest BCUT2D eigenvalue weighted by Crippen LogP contribution is 2.41. The Balaban J connectivity index is 2.11. The van der Waals surface area contributed by atoms with Crippen molar-refractivity contribution < 1.29 is 4.39 Å². The molecule has 4 rings (SSSR count). The van der Waals surface area contributed by atoms with Gasteiger partial charge in [0.05, 0.1) is 17.4 Å². The molecule has 0 atom stereocenters. The number of hydrogen-bond acceptors (Lipinski definition) is 4. The van der Waals surface area contributed by atoms with Gasteiger partial charge in [-0.3, -0.25) is 19.2 Å². The molecule has 0 unspecified atom stereocenters. The van der Waals surface area contributed by atoms with Crippen LogP contribution in [0.25, 0.3) is 16.8 Å². The molecule has 0 amide bonds. The second kappa shape index (κ2) is 5.63. The van der Waals surface area contributed by atoms with Gasteiger partial charge < -0.3 is 5.73 Å². The number of hydrogen-bond donors (Lipinski definition) is 2. The molecule has 0 radical (unpaired) electrons. The van der Waals surface area contributed by atoms with Crippen molar-refractivity contribution in [3.63, 3.8) is 0 Å². The maximum Gasteiger partial charge on any atom is 0.333 e. The minimum atomic E-state index is -0.637. The van der Waals surface area contributed by atoms with Crippen molar-refractivity contribution in [2.45, 2.75) is 32.2 Å². The van der Waals surface area contributed by atoms with Crippen molar-refractivity contribution in [1.82, 2.24) is 14.4 Å². The average molecular weight is 340 g/mol. The molecule has 0 aromatic carbocycles. The molecule has 3 aromatic rings. The number of aryl methyl sites for hydroxylation is 1. The van der Waals surface area contributed by atoms with Crippen LogP contribution in [0.2, 0.25) is 0 Å². The van der Waals surface area contributed by atoms with Gasteiger partial charge in [0.15, 0.2) is 0 Å². The Labute approximate surface area is 142 Å². The van der Waals surface area contributed by atoms with Gasteiger partial charge in [-0.05, 0) is 48.9 Å². The van der Waals surface area contributed by atoms with E-state index in [1.807, 2.05) is 0 Å². The number of rotatable bonds is 3. The van der Waals surface area contributed by atoms with Crippen LogP contribution in [-0.4, -0.2) is 14.4 Å². The minimum absolute atomic E-state index is 0.111. The average Bonchev–Trinajstić information content (AvgIpc) is 3.41. The number of aromatic amines is 1. The van der Waals surface area contributed by atoms with Crippen LogP contribution >= 0.6 is 0 Å². The molecule has 0 bridgehead atoms. The number of halogens is 1. The summed E-state index contributed by atoms with van der Waals surface area (Å²) in [5.74, 6) is -0.456. The molecule has 3 heterocycles. The smallest absolute Gasteiger partial charge is 0.326 e. The monoisotopic (exact) mass is 340 g/mol. The van der Waals surface area contributed by atoms with Crippen LogP contribution in [0.3, 0.4) is 0 Å². The second-order valence-corrected chi connectivity index (χ2v) is 6.40. The zero-order valence-corrected chi connectivity index (χ0v) is 13.7. The number of nitrogens with two attached hydrogens (primary N) is 1. The molecule has 0 aliphatic heterocycles. The lowest BCUT2D eigenvalue weighted by atomic mass is 10.00. The first-order valence-corrected chi connectivity index (χ1v) is 8.14. The van der Waals surface area contributed by atoms with E-state index in [9.17, 15) is 14.0 Å². The first-order valence-electron chi connectivity index (χ1n) is 8.14. The number of aromatic nitrogens is 3. The lowest BCUT2D eigenvalue weighted by Crippen LogP contribution is -2.30. The largest absolute Gasteiger partial charge is 0.333 e. The van der Waals surface area contributed by atoms with Gasteiger partial charge in [0, 0.05) is 23.9 Å². The lowest BCUT2D eigenvalue weighted by molar-refractivity contribution is 0.618. The van der Waals surface area contributed by atoms with Crippen LogP contribution in [0.1, 0.15) is 35.4 Å². The van der Waals surface area contributed by atoms with Crippen molar-refractivity contribution in [2.75, 3.05) is 0 Å². The number of nitrogens with one attached hydrogen (secondary N) is 1. The second-order valence-electron chi connectivity index (χ2n) is 6.40. The maximum absolute atomic E-state index is 14.8. The first-order chi connectivity index (χ1) is 12.0. The summed E-state index contributed by atoms with van der Waals surface area (Å²) >= 11 is 0. The number of fused-ring (bicyclic) bond motifs is 1. The predicted molar refractivity (Wildman–Crippen MR) is 92.1 cm³/mol. The van der Waals surface area contributed by atoms with Gasteiger partial charge in [0.25, 0.3) is 5.56 Å². The summed E-state index contributed by atoms with van der Waals surface area (Å²) in [6, 6.07) is 3.49. The summed E-state index contributed by atoms with van der Waals surface area (Å²) in [4.78, 5) is 31.0. The Hall–Kier alpha value is -2.80. The van der Waals surface area contributed by atoms with Crippen LogP contribution in [0, 0.1) is 12.7 Å². The van der Waals surface area contributed by atoms with E-state index in [0.717, 1.165) is 24.6 Å². The van der Waals surface area contributed by atoms with Crippen LogP contribution in [0.5, 0.6) is 0 Å². The Bertz CT molecular complexity index is 1110. The van der Waals surface area contributed by atoms with E-state index in [-0.39, 0.29) is 5.92 Å². The fourth-order valence-corrected chi connectivity index (χ4v) is 3.35. The minimum Gasteiger partial charge on any atom is -0.326 e. The molecule has 3 aromatic heterocycles. The number of nitrogens with zero attached hydrogens (tertiary/aromatic N) is 2. The third kappa shape index (κ3) is 2.47. The van der Waals surface area contributed by atoms with Crippen molar-refractivity contribution in [1.29, 1.82) is 0 Å². The summed E-state index contributed by atoms with van der Waals surface area (Å²) in [7, 11) is 0. The normalized spacial score (nSPS) is 14.2. The van der Waals surface area contributed by atoms with E-state index >= 15 is 0 Å². The van der Waals surface area contributed by atoms with E-state index < -0.39 is 17.1 Å². The highest BCUT2D eigenvalue weighted by Gasteiger charge is 2.31. The Morgan fingerprint density at radius 1 is 1.40 bits per heavy atom. The zero-order chi connectivity index (χ0) is 17.7. The summed E-state index contributed by atoms with van der Waals surface area (Å²) in [6.45, 7) is 2.03. The fraction of sp³-hybridized carbons (Fsp3) is 0.278. The van der Waals surface area contributed by atoms with Gasteiger partial charge in [-0.2, -0.15) is 0 Å². The van der Waals surface area contributed by atoms with Crippen molar-refractivity contribution in [3.8, 4) is 11.3 Å². The molecule has 25 heavy (non-hydrogen) atoms. The number of pyridine rings is 2. The van der Waals surface area contributed by atoms with Crippen LogP contribution in [0.4, 0.5) is 4.39 Å².